The number of rotatable bonds is 4. The van der Waals surface area contributed by atoms with Crippen molar-refractivity contribution in [2.45, 2.75) is 0 Å². The van der Waals surface area contributed by atoms with Crippen molar-refractivity contribution in [2.24, 2.45) is 0 Å². The average molecular weight is 306 g/mol. The van der Waals surface area contributed by atoms with Crippen LogP contribution in [0.3, 0.4) is 0 Å². The zero-order chi connectivity index (χ0) is 11.7. The highest BCUT2D eigenvalue weighted by molar-refractivity contribution is 7.46. The summed E-state index contributed by atoms with van der Waals surface area (Å²) in [7, 11) is -11.7. The van der Waals surface area contributed by atoms with Crippen LogP contribution in [-0.2, 0) is 26.9 Å². The summed E-state index contributed by atoms with van der Waals surface area (Å²) < 4.78 is 44.3. The van der Waals surface area contributed by atoms with Gasteiger partial charge in [0.2, 0.25) is 0 Å². The van der Waals surface area contributed by atoms with E-state index in [1.54, 1.807) is 0 Å². The van der Waals surface area contributed by atoms with Crippen molar-refractivity contribution in [2.75, 3.05) is 0 Å². The lowest BCUT2D eigenvalue weighted by molar-refractivity contribution is 0.368. The van der Waals surface area contributed by atoms with Gasteiger partial charge in [0.1, 0.15) is 0 Å². The maximum absolute atomic E-state index is 9.39. The summed E-state index contributed by atoms with van der Waals surface area (Å²) >= 11 is 0. The molecule has 0 rings (SSSR count). The Morgan fingerprint density at radius 3 is 0.733 bits per heavy atom. The molecule has 0 bridgehead atoms. The zero-order valence-electron chi connectivity index (χ0n) is 6.53. The number of hydrogen-bond acceptors (Lipinski definition) is 6. The molecule has 4 atom stereocenters. The van der Waals surface area contributed by atoms with Crippen molar-refractivity contribution in [3.05, 3.63) is 0 Å². The maximum atomic E-state index is 9.39. The molecule has 0 amide bonds. The third kappa shape index (κ3) is 31.5. The van der Waals surface area contributed by atoms with Crippen molar-refractivity contribution >= 4 is 33.0 Å². The molecule has 0 spiro atoms. The highest BCUT2D eigenvalue weighted by Gasteiger charge is 2.32. The molecule has 0 aromatic rings. The number of hydrogen-bond donors (Lipinski definition) is 4. The second kappa shape index (κ2) is 12.2. The van der Waals surface area contributed by atoms with Crippen molar-refractivity contribution in [3.8, 4) is 0 Å². The van der Waals surface area contributed by atoms with Crippen molar-refractivity contribution in [1.29, 1.82) is 0 Å². The first kappa shape index (κ1) is 20.5. The van der Waals surface area contributed by atoms with Crippen molar-refractivity contribution in [3.63, 3.8) is 0 Å². The van der Waals surface area contributed by atoms with Gasteiger partial charge in [0.25, 0.3) is 0 Å². The van der Waals surface area contributed by atoms with Gasteiger partial charge in [-0.25, -0.2) is 0 Å². The first-order chi connectivity index (χ1) is 6.25. The van der Waals surface area contributed by atoms with Crippen LogP contribution in [-0.4, -0.2) is 25.0 Å². The molecule has 0 aliphatic carbocycles. The third-order valence-corrected chi connectivity index (χ3v) is 2.51. The first-order valence-corrected chi connectivity index (χ1v) is 6.78. The van der Waals surface area contributed by atoms with E-state index in [1.165, 1.54) is 0 Å². The van der Waals surface area contributed by atoms with Crippen LogP contribution in [0.4, 0.5) is 0 Å². The Bertz CT molecular complexity index is 191. The minimum Gasteiger partial charge on any atom is -0.412 e. The lowest BCUT2D eigenvalue weighted by Crippen LogP contribution is -1.58. The van der Waals surface area contributed by atoms with E-state index >= 15 is 0 Å². The lowest BCUT2D eigenvalue weighted by Gasteiger charge is -1.50. The molecule has 0 aromatic heterocycles. The van der Waals surface area contributed by atoms with Gasteiger partial charge < -0.3 is 5.48 Å². The second-order valence-electron chi connectivity index (χ2n) is 1.11. The third-order valence-electron chi connectivity index (χ3n) is 0.279. The Morgan fingerprint density at radius 2 is 0.733 bits per heavy atom. The highest BCUT2D eigenvalue weighted by atomic mass is 31.2. The van der Waals surface area contributed by atoms with Gasteiger partial charge >= 0.3 is 33.0 Å². The smallest absolute Gasteiger partial charge is 0.412 e. The normalized spacial score (nSPS) is 12.5. The fraction of sp³-hybridized carbons (Fsp3) is 0. The Morgan fingerprint density at radius 1 is 0.600 bits per heavy atom. The molecule has 15 heteroatoms. The quantitative estimate of drug-likeness (QED) is 0.503. The molecule has 0 aliphatic heterocycles. The zero-order valence-corrected chi connectivity index (χ0v) is 10.1. The molecular formula is H6O11P4+4. The fourth-order valence-electron chi connectivity index (χ4n) is 0.120. The van der Waals surface area contributed by atoms with Gasteiger partial charge in [0.05, 0.1) is 0 Å². The molecule has 0 fully saturated rings. The van der Waals surface area contributed by atoms with Crippen LogP contribution in [0, 0.1) is 0 Å². The monoisotopic (exact) mass is 306 g/mol. The van der Waals surface area contributed by atoms with Crippen LogP contribution >= 0.6 is 33.0 Å². The van der Waals surface area contributed by atoms with Crippen LogP contribution in [0.15, 0.2) is 0 Å². The van der Waals surface area contributed by atoms with E-state index in [1.807, 2.05) is 0 Å². The second-order valence-corrected chi connectivity index (χ2v) is 4.32. The predicted octanol–water partition coefficient (Wildman–Crippen LogP) is -0.220. The Kier molecular flexibility index (Phi) is 16.7. The Balaban J connectivity index is -0.000000180. The van der Waals surface area contributed by atoms with Gasteiger partial charge in [-0.05, 0) is 0 Å². The standard InChI is InChI=1S/2O5P2.H2O/c2*1-6(2)5-7(3)4;/h;;1H2/p+4. The van der Waals surface area contributed by atoms with E-state index in [0.717, 1.165) is 0 Å². The van der Waals surface area contributed by atoms with Crippen LogP contribution in [0.25, 0.3) is 0 Å². The first-order valence-electron chi connectivity index (χ1n) is 2.26. The van der Waals surface area contributed by atoms with E-state index in [9.17, 15) is 18.3 Å². The molecular weight excluding hydrogens is 300 g/mol. The van der Waals surface area contributed by atoms with E-state index < -0.39 is 33.0 Å². The molecule has 0 saturated heterocycles. The minimum absolute atomic E-state index is 0. The van der Waals surface area contributed by atoms with Crippen LogP contribution in [0.2, 0.25) is 0 Å². The molecule has 15 heavy (non-hydrogen) atoms. The molecule has 0 aromatic carbocycles. The van der Waals surface area contributed by atoms with E-state index in [4.69, 9.17) is 19.6 Å². The molecule has 0 aliphatic rings. The minimum atomic E-state index is -2.92. The van der Waals surface area contributed by atoms with E-state index in [2.05, 4.69) is 8.62 Å². The molecule has 0 saturated carbocycles. The SMILES string of the molecule is O.O=[P+](O)O[P+](=O)O.O=[P+](O)O[P+](=O)O. The largest absolute Gasteiger partial charge is 0.745 e. The highest BCUT2D eigenvalue weighted by Crippen LogP contribution is 2.31. The summed E-state index contributed by atoms with van der Waals surface area (Å²) in [6.07, 6.45) is 0. The summed E-state index contributed by atoms with van der Waals surface area (Å²) in [6.45, 7) is 0. The summed E-state index contributed by atoms with van der Waals surface area (Å²) in [5.74, 6) is 0. The van der Waals surface area contributed by atoms with Crippen molar-refractivity contribution in [1.82, 2.24) is 0 Å². The van der Waals surface area contributed by atoms with Gasteiger partial charge in [-0.2, -0.15) is 0 Å². The summed E-state index contributed by atoms with van der Waals surface area (Å²) in [4.78, 5) is 30.7. The van der Waals surface area contributed by atoms with E-state index in [0.29, 0.717) is 0 Å². The molecule has 4 unspecified atom stereocenters. The van der Waals surface area contributed by atoms with E-state index in [-0.39, 0.29) is 5.48 Å². The topological polar surface area (TPSA) is 199 Å². The van der Waals surface area contributed by atoms with Gasteiger partial charge in [-0.15, -0.1) is 19.6 Å². The predicted molar refractivity (Wildman–Crippen MR) is 45.1 cm³/mol. The van der Waals surface area contributed by atoms with Crippen molar-refractivity contribution < 1.29 is 51.9 Å². The van der Waals surface area contributed by atoms with Gasteiger partial charge in [-0.3, -0.25) is 0 Å². The van der Waals surface area contributed by atoms with Crippen LogP contribution in [0.1, 0.15) is 0 Å². The molecule has 6 N–H and O–H groups in total. The molecule has 11 nitrogen and oxygen atoms in total. The van der Waals surface area contributed by atoms with Gasteiger partial charge in [-0.1, -0.05) is 0 Å². The Labute approximate surface area is 85.8 Å². The molecule has 0 heterocycles. The Hall–Kier alpha value is 0.120. The van der Waals surface area contributed by atoms with Gasteiger partial charge in [0, 0.05) is 18.3 Å². The summed E-state index contributed by atoms with van der Waals surface area (Å²) in [5, 5.41) is 0. The van der Waals surface area contributed by atoms with Crippen LogP contribution < -0.4 is 0 Å². The molecule has 0 radical (unpaired) electrons. The molecule has 88 valence electrons. The summed E-state index contributed by atoms with van der Waals surface area (Å²) in [6, 6.07) is 0. The van der Waals surface area contributed by atoms with Crippen LogP contribution in [0.5, 0.6) is 0 Å². The average Bonchev–Trinajstić information content (AvgIpc) is 1.79. The fourth-order valence-corrected chi connectivity index (χ4v) is 1.08. The van der Waals surface area contributed by atoms with Gasteiger partial charge in [0.15, 0.2) is 8.62 Å². The summed E-state index contributed by atoms with van der Waals surface area (Å²) in [5.41, 5.74) is 0. The maximum Gasteiger partial charge on any atom is 0.745 e. The lowest BCUT2D eigenvalue weighted by atomic mass is 15.8.